The third-order valence-corrected chi connectivity index (χ3v) is 3.46. The third-order valence-electron chi connectivity index (χ3n) is 3.18. The van der Waals surface area contributed by atoms with E-state index in [4.69, 9.17) is 25.8 Å². The summed E-state index contributed by atoms with van der Waals surface area (Å²) in [5.74, 6) is 0.565. The first-order valence-corrected chi connectivity index (χ1v) is 7.91. The minimum absolute atomic E-state index is 0.333. The molecule has 0 aliphatic carbocycles. The monoisotopic (exact) mass is 346 g/mol. The molecule has 0 fully saturated rings. The summed E-state index contributed by atoms with van der Waals surface area (Å²) in [4.78, 5) is 11.4. The van der Waals surface area contributed by atoms with Crippen molar-refractivity contribution in [3.63, 3.8) is 0 Å². The second-order valence-electron chi connectivity index (χ2n) is 4.89. The molecular formula is C19H19ClO4. The average molecular weight is 347 g/mol. The number of hydrogen-bond donors (Lipinski definition) is 0. The van der Waals surface area contributed by atoms with Gasteiger partial charge in [0.25, 0.3) is 0 Å². The fourth-order valence-corrected chi connectivity index (χ4v) is 2.33. The van der Waals surface area contributed by atoms with Crippen molar-refractivity contribution in [2.45, 2.75) is 13.5 Å². The van der Waals surface area contributed by atoms with Gasteiger partial charge in [0, 0.05) is 6.08 Å². The van der Waals surface area contributed by atoms with Crippen LogP contribution >= 0.6 is 11.6 Å². The van der Waals surface area contributed by atoms with Crippen LogP contribution in [0.25, 0.3) is 6.08 Å². The number of ether oxygens (including phenoxy) is 3. The van der Waals surface area contributed by atoms with Crippen LogP contribution in [0.4, 0.5) is 0 Å². The standard InChI is InChI=1S/C19H19ClO4/c1-3-23-18(21)10-9-15-11-16(20)19(17(12-15)22-2)24-13-14-7-5-4-6-8-14/h4-12H,3,13H2,1-2H3. The van der Waals surface area contributed by atoms with Gasteiger partial charge in [0.2, 0.25) is 0 Å². The molecule has 0 amide bonds. The molecule has 4 nitrogen and oxygen atoms in total. The summed E-state index contributed by atoms with van der Waals surface area (Å²) in [7, 11) is 1.54. The summed E-state index contributed by atoms with van der Waals surface area (Å²) in [5.41, 5.74) is 1.75. The van der Waals surface area contributed by atoms with Crippen LogP contribution in [-0.4, -0.2) is 19.7 Å². The highest BCUT2D eigenvalue weighted by molar-refractivity contribution is 6.32. The molecule has 2 rings (SSSR count). The minimum Gasteiger partial charge on any atom is -0.493 e. The maximum atomic E-state index is 11.4. The van der Waals surface area contributed by atoms with Crippen LogP contribution in [0.5, 0.6) is 11.5 Å². The van der Waals surface area contributed by atoms with E-state index in [9.17, 15) is 4.79 Å². The minimum atomic E-state index is -0.406. The Labute approximate surface area is 146 Å². The Morgan fingerprint density at radius 2 is 1.96 bits per heavy atom. The van der Waals surface area contributed by atoms with Gasteiger partial charge in [-0.1, -0.05) is 41.9 Å². The van der Waals surface area contributed by atoms with Crippen molar-refractivity contribution in [3.05, 3.63) is 64.7 Å². The van der Waals surface area contributed by atoms with Gasteiger partial charge in [-0.05, 0) is 36.3 Å². The molecule has 0 radical (unpaired) electrons. The average Bonchev–Trinajstić information content (AvgIpc) is 2.59. The van der Waals surface area contributed by atoms with E-state index in [2.05, 4.69) is 0 Å². The molecule has 0 aromatic heterocycles. The molecule has 126 valence electrons. The largest absolute Gasteiger partial charge is 0.493 e. The Hall–Kier alpha value is -2.46. The first kappa shape index (κ1) is 17.9. The maximum Gasteiger partial charge on any atom is 0.330 e. The maximum absolute atomic E-state index is 11.4. The van der Waals surface area contributed by atoms with Crippen molar-refractivity contribution in [3.8, 4) is 11.5 Å². The SMILES string of the molecule is CCOC(=O)C=Cc1cc(Cl)c(OCc2ccccc2)c(OC)c1. The lowest BCUT2D eigenvalue weighted by Crippen LogP contribution is -2.00. The van der Waals surface area contributed by atoms with E-state index in [0.717, 1.165) is 11.1 Å². The van der Waals surface area contributed by atoms with E-state index < -0.39 is 5.97 Å². The number of hydrogen-bond acceptors (Lipinski definition) is 4. The highest BCUT2D eigenvalue weighted by Gasteiger charge is 2.11. The first-order chi connectivity index (χ1) is 11.6. The molecule has 0 aliphatic heterocycles. The Morgan fingerprint density at radius 1 is 1.21 bits per heavy atom. The number of benzene rings is 2. The molecule has 0 spiro atoms. The van der Waals surface area contributed by atoms with Gasteiger partial charge in [0.15, 0.2) is 11.5 Å². The van der Waals surface area contributed by atoms with Gasteiger partial charge < -0.3 is 14.2 Å². The lowest BCUT2D eigenvalue weighted by atomic mass is 10.2. The molecule has 0 bridgehead atoms. The van der Waals surface area contributed by atoms with Crippen LogP contribution in [0.15, 0.2) is 48.5 Å². The Balaban J connectivity index is 2.16. The van der Waals surface area contributed by atoms with E-state index in [1.54, 1.807) is 32.2 Å². The van der Waals surface area contributed by atoms with E-state index in [0.29, 0.717) is 29.7 Å². The molecule has 0 aliphatic rings. The van der Waals surface area contributed by atoms with Crippen LogP contribution < -0.4 is 9.47 Å². The molecular weight excluding hydrogens is 328 g/mol. The number of methoxy groups -OCH3 is 1. The Bertz CT molecular complexity index is 711. The van der Waals surface area contributed by atoms with Gasteiger partial charge in [-0.15, -0.1) is 0 Å². The summed E-state index contributed by atoms with van der Waals surface area (Å²) in [6.07, 6.45) is 2.96. The van der Waals surface area contributed by atoms with Crippen LogP contribution in [0.3, 0.4) is 0 Å². The second kappa shape index (κ2) is 8.99. The molecule has 24 heavy (non-hydrogen) atoms. The van der Waals surface area contributed by atoms with E-state index in [-0.39, 0.29) is 0 Å². The lowest BCUT2D eigenvalue weighted by Gasteiger charge is -2.13. The summed E-state index contributed by atoms with van der Waals surface area (Å²) in [6, 6.07) is 13.2. The summed E-state index contributed by atoms with van der Waals surface area (Å²) in [5, 5.41) is 0.411. The molecule has 2 aromatic rings. The summed E-state index contributed by atoms with van der Waals surface area (Å²) in [6.45, 7) is 2.47. The van der Waals surface area contributed by atoms with Crippen molar-refractivity contribution < 1.29 is 19.0 Å². The topological polar surface area (TPSA) is 44.8 Å². The first-order valence-electron chi connectivity index (χ1n) is 7.53. The van der Waals surface area contributed by atoms with Crippen LogP contribution in [-0.2, 0) is 16.1 Å². The molecule has 0 atom stereocenters. The molecule has 0 N–H and O–H groups in total. The predicted molar refractivity (Wildman–Crippen MR) is 94.4 cm³/mol. The smallest absolute Gasteiger partial charge is 0.330 e. The van der Waals surface area contributed by atoms with E-state index in [1.165, 1.54) is 6.08 Å². The van der Waals surface area contributed by atoms with E-state index in [1.807, 2.05) is 30.3 Å². The summed E-state index contributed by atoms with van der Waals surface area (Å²) < 4.78 is 16.0. The van der Waals surface area contributed by atoms with Crippen molar-refractivity contribution in [2.24, 2.45) is 0 Å². The van der Waals surface area contributed by atoms with Gasteiger partial charge >= 0.3 is 5.97 Å². The lowest BCUT2D eigenvalue weighted by molar-refractivity contribution is -0.137. The van der Waals surface area contributed by atoms with Gasteiger partial charge in [0.05, 0.1) is 18.7 Å². The van der Waals surface area contributed by atoms with E-state index >= 15 is 0 Å². The van der Waals surface area contributed by atoms with Gasteiger partial charge in [-0.25, -0.2) is 4.79 Å². The van der Waals surface area contributed by atoms with Crippen molar-refractivity contribution >= 4 is 23.6 Å². The molecule has 0 unspecified atom stereocenters. The Morgan fingerprint density at radius 3 is 2.62 bits per heavy atom. The zero-order valence-corrected chi connectivity index (χ0v) is 14.4. The number of carbonyl (C=O) groups excluding carboxylic acids is 1. The second-order valence-corrected chi connectivity index (χ2v) is 5.30. The van der Waals surface area contributed by atoms with Gasteiger partial charge in [-0.3, -0.25) is 0 Å². The molecule has 0 saturated heterocycles. The third kappa shape index (κ3) is 5.03. The van der Waals surface area contributed by atoms with Gasteiger partial charge in [0.1, 0.15) is 6.61 Å². The van der Waals surface area contributed by atoms with Crippen molar-refractivity contribution in [1.29, 1.82) is 0 Å². The molecule has 0 heterocycles. The highest BCUT2D eigenvalue weighted by Crippen LogP contribution is 2.37. The quantitative estimate of drug-likeness (QED) is 0.547. The normalized spacial score (nSPS) is 10.6. The van der Waals surface area contributed by atoms with Crippen LogP contribution in [0.1, 0.15) is 18.1 Å². The fraction of sp³-hybridized carbons (Fsp3) is 0.211. The molecule has 5 heteroatoms. The Kier molecular flexibility index (Phi) is 6.70. The number of halogens is 1. The van der Waals surface area contributed by atoms with Gasteiger partial charge in [-0.2, -0.15) is 0 Å². The fourth-order valence-electron chi connectivity index (χ4n) is 2.06. The van der Waals surface area contributed by atoms with Crippen LogP contribution in [0.2, 0.25) is 5.02 Å². The zero-order valence-electron chi connectivity index (χ0n) is 13.6. The van der Waals surface area contributed by atoms with Crippen molar-refractivity contribution in [2.75, 3.05) is 13.7 Å². The zero-order chi connectivity index (χ0) is 17.4. The summed E-state index contributed by atoms with van der Waals surface area (Å²) >= 11 is 6.30. The van der Waals surface area contributed by atoms with Crippen LogP contribution in [0, 0.1) is 0 Å². The number of rotatable bonds is 7. The molecule has 2 aromatic carbocycles. The number of carbonyl (C=O) groups is 1. The number of esters is 1. The van der Waals surface area contributed by atoms with Crippen molar-refractivity contribution in [1.82, 2.24) is 0 Å². The highest BCUT2D eigenvalue weighted by atomic mass is 35.5. The molecule has 0 saturated carbocycles. The predicted octanol–water partition coefficient (Wildman–Crippen LogP) is 4.50.